The van der Waals surface area contributed by atoms with Gasteiger partial charge in [-0.05, 0) is 25.9 Å². The number of anilines is 1. The summed E-state index contributed by atoms with van der Waals surface area (Å²) in [7, 11) is 0. The monoisotopic (exact) mass is 239 g/mol. The summed E-state index contributed by atoms with van der Waals surface area (Å²) in [5.74, 6) is -0.0566. The molecule has 5 heteroatoms. The average molecular weight is 239 g/mol. The Bertz CT molecular complexity index is 358. The van der Waals surface area contributed by atoms with Crippen LogP contribution in [0.2, 0.25) is 0 Å². The van der Waals surface area contributed by atoms with E-state index in [-0.39, 0.29) is 5.91 Å². The minimum absolute atomic E-state index is 0.0566. The van der Waals surface area contributed by atoms with Gasteiger partial charge in [-0.25, -0.2) is 4.98 Å². The summed E-state index contributed by atoms with van der Waals surface area (Å²) < 4.78 is 0. The Labute approximate surface area is 99.7 Å². The van der Waals surface area contributed by atoms with Crippen molar-refractivity contribution in [2.45, 2.75) is 32.7 Å². The summed E-state index contributed by atoms with van der Waals surface area (Å²) in [5, 5.41) is 3.42. The van der Waals surface area contributed by atoms with Gasteiger partial charge >= 0.3 is 0 Å². The van der Waals surface area contributed by atoms with Gasteiger partial charge in [-0.15, -0.1) is 11.3 Å². The number of hydrogen-bond donors (Lipinski definition) is 1. The summed E-state index contributed by atoms with van der Waals surface area (Å²) in [6.07, 6.45) is 5.83. The number of likely N-dealkylation sites (tertiary alicyclic amines) is 1. The molecule has 1 amide bonds. The highest BCUT2D eigenvalue weighted by Crippen LogP contribution is 2.21. The second-order valence-electron chi connectivity index (χ2n) is 4.15. The number of nitrogens with one attached hydrogen (secondary N) is 1. The lowest BCUT2D eigenvalue weighted by Crippen LogP contribution is -2.28. The number of nitrogens with zero attached hydrogens (tertiary/aromatic N) is 2. The van der Waals surface area contributed by atoms with Crippen molar-refractivity contribution in [1.29, 1.82) is 0 Å². The van der Waals surface area contributed by atoms with Crippen molar-refractivity contribution >= 4 is 22.4 Å². The lowest BCUT2D eigenvalue weighted by Gasteiger charge is -2.25. The Morgan fingerprint density at radius 1 is 1.50 bits per heavy atom. The van der Waals surface area contributed by atoms with Gasteiger partial charge in [0.15, 0.2) is 5.13 Å². The van der Waals surface area contributed by atoms with E-state index < -0.39 is 0 Å². The lowest BCUT2D eigenvalue weighted by atomic mass is 10.1. The molecule has 1 aromatic rings. The van der Waals surface area contributed by atoms with E-state index in [4.69, 9.17) is 0 Å². The van der Waals surface area contributed by atoms with Gasteiger partial charge in [-0.1, -0.05) is 6.42 Å². The SMILES string of the molecule is CC(=O)Nc1ncc(CN2CCCCC2)s1. The van der Waals surface area contributed by atoms with Gasteiger partial charge in [0.1, 0.15) is 0 Å². The number of thiazole rings is 1. The first-order chi connectivity index (χ1) is 7.74. The normalized spacial score (nSPS) is 17.3. The fourth-order valence-electron chi connectivity index (χ4n) is 1.93. The highest BCUT2D eigenvalue weighted by atomic mass is 32.1. The molecule has 16 heavy (non-hydrogen) atoms. The van der Waals surface area contributed by atoms with Crippen molar-refractivity contribution < 1.29 is 4.79 Å². The molecule has 0 unspecified atom stereocenters. The Morgan fingerprint density at radius 2 is 2.25 bits per heavy atom. The summed E-state index contributed by atoms with van der Waals surface area (Å²) in [4.78, 5) is 18.7. The van der Waals surface area contributed by atoms with E-state index in [1.807, 2.05) is 6.20 Å². The first kappa shape index (κ1) is 11.5. The zero-order valence-corrected chi connectivity index (χ0v) is 10.3. The molecule has 2 heterocycles. The Hall–Kier alpha value is -0.940. The van der Waals surface area contributed by atoms with E-state index >= 15 is 0 Å². The summed E-state index contributed by atoms with van der Waals surface area (Å²) in [6, 6.07) is 0. The van der Waals surface area contributed by atoms with Crippen LogP contribution in [0.5, 0.6) is 0 Å². The van der Waals surface area contributed by atoms with E-state index in [1.54, 1.807) is 11.3 Å². The largest absolute Gasteiger partial charge is 0.302 e. The molecule has 0 atom stereocenters. The summed E-state index contributed by atoms with van der Waals surface area (Å²) in [6.45, 7) is 4.85. The quantitative estimate of drug-likeness (QED) is 0.878. The maximum atomic E-state index is 10.9. The van der Waals surface area contributed by atoms with E-state index in [2.05, 4.69) is 15.2 Å². The zero-order chi connectivity index (χ0) is 11.4. The number of carbonyl (C=O) groups is 1. The van der Waals surface area contributed by atoms with Gasteiger partial charge in [0.05, 0.1) is 0 Å². The number of hydrogen-bond acceptors (Lipinski definition) is 4. The molecule has 1 fully saturated rings. The third-order valence-electron chi connectivity index (χ3n) is 2.66. The van der Waals surface area contributed by atoms with E-state index in [0.717, 1.165) is 6.54 Å². The van der Waals surface area contributed by atoms with Crippen LogP contribution in [0.25, 0.3) is 0 Å². The minimum atomic E-state index is -0.0566. The van der Waals surface area contributed by atoms with E-state index in [0.29, 0.717) is 5.13 Å². The minimum Gasteiger partial charge on any atom is -0.302 e. The summed E-state index contributed by atoms with van der Waals surface area (Å²) >= 11 is 1.57. The van der Waals surface area contributed by atoms with Crippen molar-refractivity contribution in [2.24, 2.45) is 0 Å². The molecule has 1 saturated heterocycles. The van der Waals surface area contributed by atoms with Crippen LogP contribution in [0.15, 0.2) is 6.20 Å². The van der Waals surface area contributed by atoms with Crippen LogP contribution >= 0.6 is 11.3 Å². The molecule has 0 bridgehead atoms. The van der Waals surface area contributed by atoms with E-state index in [9.17, 15) is 4.79 Å². The standard InChI is InChI=1S/C11H17N3OS/c1-9(15)13-11-12-7-10(16-11)8-14-5-3-2-4-6-14/h7H,2-6,8H2,1H3,(H,12,13,15). The first-order valence-corrected chi connectivity index (χ1v) is 6.50. The van der Waals surface area contributed by atoms with E-state index in [1.165, 1.54) is 44.2 Å². The highest BCUT2D eigenvalue weighted by Gasteiger charge is 2.12. The molecule has 4 nitrogen and oxygen atoms in total. The van der Waals surface area contributed by atoms with Crippen LogP contribution < -0.4 is 5.32 Å². The third kappa shape index (κ3) is 3.28. The molecular formula is C11H17N3OS. The van der Waals surface area contributed by atoms with Crippen LogP contribution in [0, 0.1) is 0 Å². The van der Waals surface area contributed by atoms with Crippen molar-refractivity contribution in [2.75, 3.05) is 18.4 Å². The predicted octanol–water partition coefficient (Wildman–Crippen LogP) is 2.09. The number of aromatic nitrogens is 1. The second-order valence-corrected chi connectivity index (χ2v) is 5.26. The average Bonchev–Trinajstić information content (AvgIpc) is 2.66. The van der Waals surface area contributed by atoms with Crippen molar-refractivity contribution in [3.05, 3.63) is 11.1 Å². The van der Waals surface area contributed by atoms with Gasteiger partial charge < -0.3 is 5.32 Å². The fraction of sp³-hybridized carbons (Fsp3) is 0.636. The Kier molecular flexibility index (Phi) is 3.90. The van der Waals surface area contributed by atoms with Crippen LogP contribution in [0.3, 0.4) is 0 Å². The molecule has 2 rings (SSSR count). The van der Waals surface area contributed by atoms with Gasteiger partial charge in [-0.3, -0.25) is 9.69 Å². The molecule has 88 valence electrons. The van der Waals surface area contributed by atoms with Crippen LogP contribution in [-0.2, 0) is 11.3 Å². The molecule has 0 spiro atoms. The van der Waals surface area contributed by atoms with Crippen molar-refractivity contribution in [3.63, 3.8) is 0 Å². The topological polar surface area (TPSA) is 45.2 Å². The van der Waals surface area contributed by atoms with Crippen molar-refractivity contribution in [1.82, 2.24) is 9.88 Å². The highest BCUT2D eigenvalue weighted by molar-refractivity contribution is 7.15. The van der Waals surface area contributed by atoms with Crippen LogP contribution in [0.4, 0.5) is 5.13 Å². The van der Waals surface area contributed by atoms with Gasteiger partial charge in [0.25, 0.3) is 0 Å². The van der Waals surface area contributed by atoms with Crippen molar-refractivity contribution in [3.8, 4) is 0 Å². The maximum Gasteiger partial charge on any atom is 0.223 e. The number of rotatable bonds is 3. The van der Waals surface area contributed by atoms with Gasteiger partial charge in [-0.2, -0.15) is 0 Å². The molecule has 0 radical (unpaired) electrons. The molecule has 0 saturated carbocycles. The van der Waals surface area contributed by atoms with Gasteiger partial charge in [0, 0.05) is 24.5 Å². The molecule has 1 aliphatic heterocycles. The number of piperidine rings is 1. The second kappa shape index (κ2) is 5.41. The molecular weight excluding hydrogens is 222 g/mol. The van der Waals surface area contributed by atoms with Crippen LogP contribution in [-0.4, -0.2) is 28.9 Å². The molecule has 1 N–H and O–H groups in total. The molecule has 1 aromatic heterocycles. The number of carbonyl (C=O) groups excluding carboxylic acids is 1. The zero-order valence-electron chi connectivity index (χ0n) is 9.53. The van der Waals surface area contributed by atoms with Crippen LogP contribution in [0.1, 0.15) is 31.1 Å². The Morgan fingerprint density at radius 3 is 2.94 bits per heavy atom. The predicted molar refractivity (Wildman–Crippen MR) is 65.5 cm³/mol. The molecule has 0 aromatic carbocycles. The summed E-state index contributed by atoms with van der Waals surface area (Å²) in [5.41, 5.74) is 0. The molecule has 1 aliphatic rings. The Balaban J connectivity index is 1.88. The smallest absolute Gasteiger partial charge is 0.223 e. The van der Waals surface area contributed by atoms with Gasteiger partial charge in [0.2, 0.25) is 5.91 Å². The number of amides is 1. The lowest BCUT2D eigenvalue weighted by molar-refractivity contribution is -0.114. The fourth-order valence-corrected chi connectivity index (χ4v) is 2.83. The maximum absolute atomic E-state index is 10.9. The molecule has 0 aliphatic carbocycles. The third-order valence-corrected chi connectivity index (χ3v) is 3.56. The first-order valence-electron chi connectivity index (χ1n) is 5.69.